The van der Waals surface area contributed by atoms with Crippen molar-refractivity contribution in [2.45, 2.75) is 49.0 Å². The third-order valence-corrected chi connectivity index (χ3v) is 6.73. The maximum atomic E-state index is 6.11. The molecule has 0 amide bonds. The molecule has 1 nitrogen and oxygen atoms in total. The van der Waals surface area contributed by atoms with Crippen LogP contribution in [0.4, 0.5) is 0 Å². The molecule has 3 heteroatoms. The first-order chi connectivity index (χ1) is 7.77. The largest absolute Gasteiger partial charge is 0.374 e. The van der Waals surface area contributed by atoms with E-state index in [4.69, 9.17) is 4.74 Å². The summed E-state index contributed by atoms with van der Waals surface area (Å²) >= 11 is 5.88. The minimum atomic E-state index is 0.290. The van der Waals surface area contributed by atoms with E-state index in [-0.39, 0.29) is 5.60 Å². The van der Waals surface area contributed by atoms with Gasteiger partial charge in [0.2, 0.25) is 0 Å². The second-order valence-electron chi connectivity index (χ2n) is 5.76. The normalized spacial score (nSPS) is 48.9. The van der Waals surface area contributed by atoms with Gasteiger partial charge in [-0.05, 0) is 56.1 Å². The van der Waals surface area contributed by atoms with Gasteiger partial charge in [0.1, 0.15) is 0 Å². The first kappa shape index (κ1) is 11.9. The minimum absolute atomic E-state index is 0.290. The molecular formula is C13H21BrOS. The van der Waals surface area contributed by atoms with E-state index >= 15 is 0 Å². The molecule has 1 saturated carbocycles. The van der Waals surface area contributed by atoms with Crippen molar-refractivity contribution in [2.75, 3.05) is 18.1 Å². The molecule has 0 aromatic rings. The molecule has 4 unspecified atom stereocenters. The summed E-state index contributed by atoms with van der Waals surface area (Å²) in [5.74, 6) is 4.51. The van der Waals surface area contributed by atoms with E-state index in [0.717, 1.165) is 23.3 Å². The van der Waals surface area contributed by atoms with E-state index in [1.54, 1.807) is 0 Å². The molecule has 0 aromatic carbocycles. The van der Waals surface area contributed by atoms with Crippen molar-refractivity contribution in [2.24, 2.45) is 11.8 Å². The van der Waals surface area contributed by atoms with Crippen LogP contribution in [-0.2, 0) is 4.74 Å². The molecule has 3 rings (SSSR count). The summed E-state index contributed by atoms with van der Waals surface area (Å²) < 4.78 is 6.11. The highest BCUT2D eigenvalue weighted by Gasteiger charge is 2.43. The maximum absolute atomic E-state index is 6.11. The highest BCUT2D eigenvalue weighted by atomic mass is 79.9. The standard InChI is InChI=1S/C13H21BrOS/c14-12-2-1-10(7-12)11-3-5-15-13(8-11)4-6-16-9-13/h10-12H,1-9H2. The van der Waals surface area contributed by atoms with Gasteiger partial charge in [-0.3, -0.25) is 0 Å². The number of thioether (sulfide) groups is 1. The number of hydrogen-bond acceptors (Lipinski definition) is 2. The molecule has 2 heterocycles. The van der Waals surface area contributed by atoms with Gasteiger partial charge in [-0.2, -0.15) is 11.8 Å². The van der Waals surface area contributed by atoms with Crippen LogP contribution in [0.3, 0.4) is 0 Å². The minimum Gasteiger partial charge on any atom is -0.374 e. The van der Waals surface area contributed by atoms with Gasteiger partial charge in [0.15, 0.2) is 0 Å². The third kappa shape index (κ3) is 2.32. The predicted molar refractivity (Wildman–Crippen MR) is 73.4 cm³/mol. The fourth-order valence-electron chi connectivity index (χ4n) is 3.72. The summed E-state index contributed by atoms with van der Waals surface area (Å²) in [6, 6.07) is 0. The first-order valence-electron chi connectivity index (χ1n) is 6.63. The summed E-state index contributed by atoms with van der Waals surface area (Å²) in [7, 11) is 0. The molecule has 0 radical (unpaired) electrons. The summed E-state index contributed by atoms with van der Waals surface area (Å²) in [4.78, 5) is 0.800. The summed E-state index contributed by atoms with van der Waals surface area (Å²) in [5, 5.41) is 0. The van der Waals surface area contributed by atoms with Gasteiger partial charge in [-0.15, -0.1) is 0 Å². The Bertz CT molecular complexity index is 252. The van der Waals surface area contributed by atoms with Crippen LogP contribution in [0.15, 0.2) is 0 Å². The smallest absolute Gasteiger partial charge is 0.0783 e. The fraction of sp³-hybridized carbons (Fsp3) is 1.00. The van der Waals surface area contributed by atoms with Gasteiger partial charge in [0, 0.05) is 17.2 Å². The van der Waals surface area contributed by atoms with Crippen molar-refractivity contribution in [3.8, 4) is 0 Å². The zero-order chi connectivity index (χ0) is 11.0. The van der Waals surface area contributed by atoms with Crippen LogP contribution in [0.2, 0.25) is 0 Å². The lowest BCUT2D eigenvalue weighted by molar-refractivity contribution is -0.0886. The SMILES string of the molecule is BrC1CCC(C2CCOC3(CCSC3)C2)C1. The highest BCUT2D eigenvalue weighted by molar-refractivity contribution is 9.09. The van der Waals surface area contributed by atoms with E-state index in [0.29, 0.717) is 0 Å². The second-order valence-corrected chi connectivity index (χ2v) is 8.16. The molecule has 92 valence electrons. The van der Waals surface area contributed by atoms with Crippen molar-refractivity contribution in [1.82, 2.24) is 0 Å². The molecule has 2 aliphatic heterocycles. The highest BCUT2D eigenvalue weighted by Crippen LogP contribution is 2.46. The molecule has 1 aliphatic carbocycles. The van der Waals surface area contributed by atoms with E-state index < -0.39 is 0 Å². The molecule has 2 saturated heterocycles. The Kier molecular flexibility index (Phi) is 3.57. The van der Waals surface area contributed by atoms with Gasteiger partial charge in [-0.25, -0.2) is 0 Å². The molecule has 16 heavy (non-hydrogen) atoms. The molecule has 3 aliphatic rings. The second kappa shape index (κ2) is 4.81. The van der Waals surface area contributed by atoms with Crippen LogP contribution in [0, 0.1) is 11.8 Å². The third-order valence-electron chi connectivity index (χ3n) is 4.67. The fourth-order valence-corrected chi connectivity index (χ4v) is 5.84. The lowest BCUT2D eigenvalue weighted by Crippen LogP contribution is -2.41. The van der Waals surface area contributed by atoms with Crippen LogP contribution in [0.1, 0.15) is 38.5 Å². The molecule has 4 atom stereocenters. The quantitative estimate of drug-likeness (QED) is 0.681. The molecule has 0 N–H and O–H groups in total. The average molecular weight is 305 g/mol. The van der Waals surface area contributed by atoms with E-state index in [2.05, 4.69) is 27.7 Å². The predicted octanol–water partition coefficient (Wildman–Crippen LogP) is 3.85. The Morgan fingerprint density at radius 3 is 2.81 bits per heavy atom. The molecule has 0 aromatic heterocycles. The lowest BCUT2D eigenvalue weighted by Gasteiger charge is -2.40. The van der Waals surface area contributed by atoms with Crippen LogP contribution in [0.5, 0.6) is 0 Å². The average Bonchev–Trinajstić information content (AvgIpc) is 2.89. The van der Waals surface area contributed by atoms with Crippen LogP contribution in [-0.4, -0.2) is 28.5 Å². The van der Waals surface area contributed by atoms with Gasteiger partial charge < -0.3 is 4.74 Å². The van der Waals surface area contributed by atoms with Crippen LogP contribution in [0.25, 0.3) is 0 Å². The Balaban J connectivity index is 1.63. The molecular weight excluding hydrogens is 284 g/mol. The van der Waals surface area contributed by atoms with Crippen molar-refractivity contribution in [3.63, 3.8) is 0 Å². The zero-order valence-electron chi connectivity index (χ0n) is 9.79. The first-order valence-corrected chi connectivity index (χ1v) is 8.70. The van der Waals surface area contributed by atoms with Crippen molar-refractivity contribution >= 4 is 27.7 Å². The zero-order valence-corrected chi connectivity index (χ0v) is 12.2. The van der Waals surface area contributed by atoms with E-state index in [1.165, 1.54) is 50.0 Å². The molecule has 3 fully saturated rings. The number of hydrogen-bond donors (Lipinski definition) is 0. The summed E-state index contributed by atoms with van der Waals surface area (Å²) in [6.45, 7) is 1.02. The molecule has 1 spiro atoms. The number of rotatable bonds is 1. The topological polar surface area (TPSA) is 9.23 Å². The Morgan fingerprint density at radius 1 is 1.19 bits per heavy atom. The van der Waals surface area contributed by atoms with Gasteiger partial charge >= 0.3 is 0 Å². The molecule has 0 bridgehead atoms. The van der Waals surface area contributed by atoms with Gasteiger partial charge in [0.25, 0.3) is 0 Å². The Hall–Kier alpha value is 0.790. The van der Waals surface area contributed by atoms with Gasteiger partial charge in [-0.1, -0.05) is 15.9 Å². The lowest BCUT2D eigenvalue weighted by atomic mass is 9.77. The summed E-state index contributed by atoms with van der Waals surface area (Å²) in [5.41, 5.74) is 0.290. The summed E-state index contributed by atoms with van der Waals surface area (Å²) in [6.07, 6.45) is 8.22. The van der Waals surface area contributed by atoms with E-state index in [1.807, 2.05) is 0 Å². The number of alkyl halides is 1. The monoisotopic (exact) mass is 304 g/mol. The Morgan fingerprint density at radius 2 is 2.12 bits per heavy atom. The van der Waals surface area contributed by atoms with Crippen LogP contribution < -0.4 is 0 Å². The van der Waals surface area contributed by atoms with Crippen molar-refractivity contribution < 1.29 is 4.74 Å². The van der Waals surface area contributed by atoms with E-state index in [9.17, 15) is 0 Å². The van der Waals surface area contributed by atoms with Crippen molar-refractivity contribution in [1.29, 1.82) is 0 Å². The number of ether oxygens (including phenoxy) is 1. The van der Waals surface area contributed by atoms with Crippen LogP contribution >= 0.6 is 27.7 Å². The maximum Gasteiger partial charge on any atom is 0.0783 e. The Labute approximate surface area is 111 Å². The number of halogens is 1. The van der Waals surface area contributed by atoms with Crippen molar-refractivity contribution in [3.05, 3.63) is 0 Å². The van der Waals surface area contributed by atoms with Gasteiger partial charge in [0.05, 0.1) is 5.60 Å².